The summed E-state index contributed by atoms with van der Waals surface area (Å²) < 4.78 is 16.4. The zero-order chi connectivity index (χ0) is 14.3. The number of benzene rings is 1. The highest BCUT2D eigenvalue weighted by atomic mass is 16.5. The minimum absolute atomic E-state index is 0.585. The monoisotopic (exact) mass is 267 g/mol. The molecular formula is C15H25NO3. The maximum absolute atomic E-state index is 5.60. The highest BCUT2D eigenvalue weighted by Crippen LogP contribution is 2.38. The second-order valence-corrected chi connectivity index (χ2v) is 4.22. The lowest BCUT2D eigenvalue weighted by atomic mass is 10.1. The predicted molar refractivity (Wildman–Crippen MR) is 77.3 cm³/mol. The van der Waals surface area contributed by atoms with E-state index in [0.717, 1.165) is 31.1 Å². The fraction of sp³-hybridized carbons (Fsp3) is 0.600. The molecule has 4 nitrogen and oxygen atoms in total. The Morgan fingerprint density at radius 1 is 0.947 bits per heavy atom. The van der Waals surface area contributed by atoms with E-state index in [1.54, 1.807) is 14.2 Å². The second kappa shape index (κ2) is 7.89. The zero-order valence-corrected chi connectivity index (χ0v) is 12.7. The minimum Gasteiger partial charge on any atom is -0.493 e. The van der Waals surface area contributed by atoms with E-state index >= 15 is 0 Å². The van der Waals surface area contributed by atoms with Gasteiger partial charge in [0, 0.05) is 6.54 Å². The van der Waals surface area contributed by atoms with Crippen LogP contribution in [0.5, 0.6) is 17.2 Å². The van der Waals surface area contributed by atoms with Crippen LogP contribution in [-0.4, -0.2) is 38.8 Å². The average molecular weight is 267 g/mol. The van der Waals surface area contributed by atoms with Crippen LogP contribution >= 0.6 is 0 Å². The lowest BCUT2D eigenvalue weighted by Gasteiger charge is -2.20. The number of methoxy groups -OCH3 is 2. The van der Waals surface area contributed by atoms with Crippen LogP contribution in [-0.2, 0) is 6.54 Å². The van der Waals surface area contributed by atoms with Crippen LogP contribution in [0.1, 0.15) is 26.3 Å². The second-order valence-electron chi connectivity index (χ2n) is 4.22. The molecule has 0 heterocycles. The van der Waals surface area contributed by atoms with Gasteiger partial charge < -0.3 is 14.2 Å². The van der Waals surface area contributed by atoms with E-state index in [2.05, 4.69) is 18.7 Å². The summed E-state index contributed by atoms with van der Waals surface area (Å²) in [4.78, 5) is 2.34. The summed E-state index contributed by atoms with van der Waals surface area (Å²) in [6.45, 7) is 9.78. The van der Waals surface area contributed by atoms with E-state index in [1.807, 2.05) is 19.1 Å². The van der Waals surface area contributed by atoms with Gasteiger partial charge >= 0.3 is 0 Å². The number of hydrogen-bond acceptors (Lipinski definition) is 4. The quantitative estimate of drug-likeness (QED) is 0.724. The average Bonchev–Trinajstić information content (AvgIpc) is 2.45. The van der Waals surface area contributed by atoms with Gasteiger partial charge in [-0.25, -0.2) is 0 Å². The Bertz CT molecular complexity index is 364. The smallest absolute Gasteiger partial charge is 0.203 e. The van der Waals surface area contributed by atoms with Crippen molar-refractivity contribution in [2.75, 3.05) is 33.9 Å². The lowest BCUT2D eigenvalue weighted by molar-refractivity contribution is 0.281. The summed E-state index contributed by atoms with van der Waals surface area (Å²) in [5.74, 6) is 2.13. The van der Waals surface area contributed by atoms with Crippen LogP contribution in [0.3, 0.4) is 0 Å². The Balaban J connectivity index is 3.07. The number of rotatable bonds is 8. The van der Waals surface area contributed by atoms with Crippen molar-refractivity contribution in [2.45, 2.75) is 27.3 Å². The maximum atomic E-state index is 5.60. The first-order valence-corrected chi connectivity index (χ1v) is 6.80. The van der Waals surface area contributed by atoms with Crippen LogP contribution in [0.2, 0.25) is 0 Å². The van der Waals surface area contributed by atoms with Gasteiger partial charge in [-0.15, -0.1) is 0 Å². The van der Waals surface area contributed by atoms with Crippen molar-refractivity contribution in [3.05, 3.63) is 17.7 Å². The molecule has 1 rings (SSSR count). The van der Waals surface area contributed by atoms with Gasteiger partial charge in [-0.2, -0.15) is 0 Å². The highest BCUT2D eigenvalue weighted by Gasteiger charge is 2.14. The molecule has 0 saturated heterocycles. The normalized spacial score (nSPS) is 10.6. The fourth-order valence-corrected chi connectivity index (χ4v) is 2.02. The molecular weight excluding hydrogens is 242 g/mol. The van der Waals surface area contributed by atoms with Gasteiger partial charge in [0.1, 0.15) is 0 Å². The Kier molecular flexibility index (Phi) is 6.50. The largest absolute Gasteiger partial charge is 0.493 e. The minimum atomic E-state index is 0.585. The van der Waals surface area contributed by atoms with Gasteiger partial charge in [-0.1, -0.05) is 13.8 Å². The molecule has 0 saturated carbocycles. The molecule has 1 aromatic carbocycles. The van der Waals surface area contributed by atoms with Crippen LogP contribution in [0.25, 0.3) is 0 Å². The Hall–Kier alpha value is -1.42. The number of nitrogens with zero attached hydrogens (tertiary/aromatic N) is 1. The first-order valence-electron chi connectivity index (χ1n) is 6.80. The Morgan fingerprint density at radius 3 is 1.84 bits per heavy atom. The van der Waals surface area contributed by atoms with Crippen LogP contribution in [0.4, 0.5) is 0 Å². The summed E-state index contributed by atoms with van der Waals surface area (Å²) in [5, 5.41) is 0. The first-order chi connectivity index (χ1) is 9.19. The van der Waals surface area contributed by atoms with Crippen LogP contribution in [0, 0.1) is 0 Å². The van der Waals surface area contributed by atoms with Gasteiger partial charge in [0.2, 0.25) is 5.75 Å². The summed E-state index contributed by atoms with van der Waals surface area (Å²) in [7, 11) is 3.30. The zero-order valence-electron chi connectivity index (χ0n) is 12.7. The molecule has 0 aliphatic heterocycles. The standard InChI is InChI=1S/C15H25NO3/c1-6-16(7-2)11-12-9-13(17-4)15(19-8-3)14(10-12)18-5/h9-10H,6-8,11H2,1-5H3. The van der Waals surface area contributed by atoms with Crippen molar-refractivity contribution >= 4 is 0 Å². The van der Waals surface area contributed by atoms with E-state index in [9.17, 15) is 0 Å². The van der Waals surface area contributed by atoms with Crippen molar-refractivity contribution < 1.29 is 14.2 Å². The molecule has 1 aromatic rings. The molecule has 0 aliphatic carbocycles. The molecule has 0 N–H and O–H groups in total. The molecule has 0 aromatic heterocycles. The molecule has 0 amide bonds. The van der Waals surface area contributed by atoms with Gasteiger partial charge in [-0.3, -0.25) is 4.90 Å². The maximum Gasteiger partial charge on any atom is 0.203 e. The summed E-state index contributed by atoms with van der Waals surface area (Å²) in [6, 6.07) is 4.04. The lowest BCUT2D eigenvalue weighted by Crippen LogP contribution is -2.22. The SMILES string of the molecule is CCOc1c(OC)cc(CN(CC)CC)cc1OC. The van der Waals surface area contributed by atoms with Crippen LogP contribution < -0.4 is 14.2 Å². The van der Waals surface area contributed by atoms with Gasteiger partial charge in [-0.05, 0) is 37.7 Å². The summed E-state index contributed by atoms with van der Waals surface area (Å²) in [6.07, 6.45) is 0. The number of ether oxygens (including phenoxy) is 3. The summed E-state index contributed by atoms with van der Waals surface area (Å²) in [5.41, 5.74) is 1.17. The molecule has 0 atom stereocenters. The molecule has 0 aliphatic rings. The Morgan fingerprint density at radius 2 is 1.47 bits per heavy atom. The van der Waals surface area contributed by atoms with Gasteiger partial charge in [0.05, 0.1) is 20.8 Å². The third kappa shape index (κ3) is 4.03. The van der Waals surface area contributed by atoms with E-state index in [0.29, 0.717) is 12.4 Å². The molecule has 19 heavy (non-hydrogen) atoms. The molecule has 0 bridgehead atoms. The topological polar surface area (TPSA) is 30.9 Å². The molecule has 4 heteroatoms. The fourth-order valence-electron chi connectivity index (χ4n) is 2.02. The number of hydrogen-bond donors (Lipinski definition) is 0. The molecule has 0 fully saturated rings. The van der Waals surface area contributed by atoms with E-state index < -0.39 is 0 Å². The van der Waals surface area contributed by atoms with Gasteiger partial charge in [0.25, 0.3) is 0 Å². The molecule has 0 unspecified atom stereocenters. The summed E-state index contributed by atoms with van der Waals surface area (Å²) >= 11 is 0. The molecule has 0 spiro atoms. The van der Waals surface area contributed by atoms with Crippen molar-refractivity contribution in [1.29, 1.82) is 0 Å². The van der Waals surface area contributed by atoms with E-state index in [4.69, 9.17) is 14.2 Å². The van der Waals surface area contributed by atoms with Crippen LogP contribution in [0.15, 0.2) is 12.1 Å². The highest BCUT2D eigenvalue weighted by molar-refractivity contribution is 5.53. The van der Waals surface area contributed by atoms with Crippen molar-refractivity contribution in [3.8, 4) is 17.2 Å². The van der Waals surface area contributed by atoms with Crippen molar-refractivity contribution in [2.24, 2.45) is 0 Å². The molecule has 108 valence electrons. The third-order valence-electron chi connectivity index (χ3n) is 3.11. The predicted octanol–water partition coefficient (Wildman–Crippen LogP) is 2.94. The third-order valence-corrected chi connectivity index (χ3v) is 3.11. The Labute approximate surface area is 116 Å². The van der Waals surface area contributed by atoms with Crippen molar-refractivity contribution in [1.82, 2.24) is 4.90 Å². The van der Waals surface area contributed by atoms with E-state index in [1.165, 1.54) is 5.56 Å². The van der Waals surface area contributed by atoms with E-state index in [-0.39, 0.29) is 0 Å². The van der Waals surface area contributed by atoms with Gasteiger partial charge in [0.15, 0.2) is 11.5 Å². The first kappa shape index (κ1) is 15.6. The molecule has 0 radical (unpaired) electrons. The van der Waals surface area contributed by atoms with Crippen molar-refractivity contribution in [3.63, 3.8) is 0 Å².